The number of anilines is 3. The Morgan fingerprint density at radius 1 is 0.302 bits per heavy atom. The third-order valence-electron chi connectivity index (χ3n) is 14.3. The third-order valence-corrected chi connectivity index (χ3v) is 14.3. The molecule has 0 amide bonds. The van der Waals surface area contributed by atoms with Gasteiger partial charge < -0.3 is 4.90 Å². The van der Waals surface area contributed by atoms with Gasteiger partial charge >= 0.3 is 0 Å². The van der Waals surface area contributed by atoms with Crippen LogP contribution >= 0.6 is 0 Å². The van der Waals surface area contributed by atoms with Crippen molar-refractivity contribution in [3.63, 3.8) is 0 Å². The lowest BCUT2D eigenvalue weighted by Gasteiger charge is -2.30. The molecule has 0 bridgehead atoms. The Labute approximate surface area is 370 Å². The van der Waals surface area contributed by atoms with Gasteiger partial charge in [-0.25, -0.2) is 0 Å². The molecule has 63 heavy (non-hydrogen) atoms. The predicted octanol–water partition coefficient (Wildman–Crippen LogP) is 17.1. The van der Waals surface area contributed by atoms with Crippen LogP contribution in [0.25, 0.3) is 77.2 Å². The molecule has 0 saturated carbocycles. The average Bonchev–Trinajstić information content (AvgIpc) is 3.71. The van der Waals surface area contributed by atoms with E-state index in [1.54, 1.807) is 0 Å². The second kappa shape index (κ2) is 14.0. The van der Waals surface area contributed by atoms with Gasteiger partial charge in [0.05, 0.1) is 11.4 Å². The average molecular weight is 806 g/mol. The number of nitrogens with zero attached hydrogens (tertiary/aromatic N) is 1. The number of para-hydroxylation sites is 1. The minimum Gasteiger partial charge on any atom is -0.309 e. The van der Waals surface area contributed by atoms with Gasteiger partial charge in [0.1, 0.15) is 0 Å². The standard InChI is InChI=1S/C62H47N/c1-61(2)55-27-12-9-22-49(55)51-37-34-42(39-57(51)61)46-20-11-14-29-58(46)63(59-30-16-24-47-44-18-6-5-17-40(44)33-38-52(47)59)43-35-31-41(32-36-43)45-19-7-8-21-48(45)53-25-15-26-54-50-23-10-13-28-56(50)62(3,4)60(53)54/h5-39H,1-4H3. The lowest BCUT2D eigenvalue weighted by atomic mass is 9.78. The van der Waals surface area contributed by atoms with Gasteiger partial charge in [0.2, 0.25) is 0 Å². The summed E-state index contributed by atoms with van der Waals surface area (Å²) in [7, 11) is 0. The fourth-order valence-corrected chi connectivity index (χ4v) is 11.2. The van der Waals surface area contributed by atoms with Gasteiger partial charge in [-0.3, -0.25) is 0 Å². The van der Waals surface area contributed by atoms with E-state index in [-0.39, 0.29) is 10.8 Å². The molecule has 10 aromatic carbocycles. The first-order valence-electron chi connectivity index (χ1n) is 22.3. The Morgan fingerprint density at radius 2 is 0.825 bits per heavy atom. The monoisotopic (exact) mass is 805 g/mol. The van der Waals surface area contributed by atoms with Gasteiger partial charge in [0.15, 0.2) is 0 Å². The highest BCUT2D eigenvalue weighted by molar-refractivity contribution is 6.13. The molecular formula is C62H47N. The van der Waals surface area contributed by atoms with Crippen molar-refractivity contribution >= 4 is 38.6 Å². The van der Waals surface area contributed by atoms with Crippen LogP contribution in [0.5, 0.6) is 0 Å². The number of rotatable bonds is 6. The first-order valence-corrected chi connectivity index (χ1v) is 22.3. The minimum absolute atomic E-state index is 0.0983. The van der Waals surface area contributed by atoms with E-state index in [0.717, 1.165) is 17.1 Å². The number of hydrogen-bond acceptors (Lipinski definition) is 1. The van der Waals surface area contributed by atoms with E-state index in [9.17, 15) is 0 Å². The molecule has 300 valence electrons. The highest BCUT2D eigenvalue weighted by Crippen LogP contribution is 2.54. The summed E-state index contributed by atoms with van der Waals surface area (Å²) in [6.45, 7) is 9.49. The van der Waals surface area contributed by atoms with Crippen LogP contribution in [0, 0.1) is 0 Å². The van der Waals surface area contributed by atoms with Crippen molar-refractivity contribution in [2.24, 2.45) is 0 Å². The summed E-state index contributed by atoms with van der Waals surface area (Å²) in [5.41, 5.74) is 21.5. The molecule has 1 heteroatoms. The SMILES string of the molecule is CC1(C)c2ccccc2-c2ccc(-c3ccccc3N(c3ccc(-c4ccccc4-c4cccc5c4C(C)(C)c4ccccc4-5)cc3)c3cccc4c3ccc3ccccc34)cc21. The zero-order valence-electron chi connectivity index (χ0n) is 36.2. The number of fused-ring (bicyclic) bond motifs is 9. The molecule has 2 aliphatic rings. The van der Waals surface area contributed by atoms with Crippen molar-refractivity contribution < 1.29 is 0 Å². The second-order valence-corrected chi connectivity index (χ2v) is 18.4. The summed E-state index contributed by atoms with van der Waals surface area (Å²) in [6, 6.07) is 79.1. The second-order valence-electron chi connectivity index (χ2n) is 18.4. The maximum Gasteiger partial charge on any atom is 0.0540 e. The quantitative estimate of drug-likeness (QED) is 0.151. The molecule has 0 N–H and O–H groups in total. The molecule has 0 aromatic heterocycles. The molecule has 12 rings (SSSR count). The normalized spacial score (nSPS) is 14.0. The molecule has 0 unspecified atom stereocenters. The molecule has 1 nitrogen and oxygen atoms in total. The summed E-state index contributed by atoms with van der Waals surface area (Å²) >= 11 is 0. The zero-order chi connectivity index (χ0) is 42.5. The van der Waals surface area contributed by atoms with Gasteiger partial charge in [-0.05, 0) is 119 Å². The molecule has 0 heterocycles. The van der Waals surface area contributed by atoms with Crippen molar-refractivity contribution in [2.45, 2.75) is 38.5 Å². The Balaban J connectivity index is 1.02. The Bertz CT molecular complexity index is 3460. The van der Waals surface area contributed by atoms with Crippen LogP contribution in [0.2, 0.25) is 0 Å². The first-order chi connectivity index (χ1) is 30.8. The molecule has 0 aliphatic heterocycles. The van der Waals surface area contributed by atoms with Crippen molar-refractivity contribution in [2.75, 3.05) is 4.90 Å². The van der Waals surface area contributed by atoms with E-state index in [0.29, 0.717) is 0 Å². The van der Waals surface area contributed by atoms with Crippen molar-refractivity contribution in [1.82, 2.24) is 0 Å². The fourth-order valence-electron chi connectivity index (χ4n) is 11.2. The fraction of sp³-hybridized carbons (Fsp3) is 0.0968. The van der Waals surface area contributed by atoms with E-state index in [4.69, 9.17) is 0 Å². The summed E-state index contributed by atoms with van der Waals surface area (Å²) < 4.78 is 0. The summed E-state index contributed by atoms with van der Waals surface area (Å²) in [4.78, 5) is 2.49. The van der Waals surface area contributed by atoms with Crippen LogP contribution in [0.15, 0.2) is 212 Å². The van der Waals surface area contributed by atoms with Crippen molar-refractivity contribution in [1.29, 1.82) is 0 Å². The van der Waals surface area contributed by atoms with E-state index in [2.05, 4.69) is 245 Å². The smallest absolute Gasteiger partial charge is 0.0540 e. The molecule has 0 saturated heterocycles. The zero-order valence-corrected chi connectivity index (χ0v) is 36.2. The van der Waals surface area contributed by atoms with Crippen LogP contribution in [-0.4, -0.2) is 0 Å². The topological polar surface area (TPSA) is 3.24 Å². The summed E-state index contributed by atoms with van der Waals surface area (Å²) in [5, 5.41) is 4.97. The third kappa shape index (κ3) is 5.62. The van der Waals surface area contributed by atoms with E-state index in [1.165, 1.54) is 99.4 Å². The minimum atomic E-state index is -0.115. The molecule has 0 radical (unpaired) electrons. The Kier molecular flexibility index (Phi) is 8.30. The predicted molar refractivity (Wildman–Crippen MR) is 268 cm³/mol. The van der Waals surface area contributed by atoms with Gasteiger partial charge in [-0.15, -0.1) is 0 Å². The van der Waals surface area contributed by atoms with Gasteiger partial charge in [-0.1, -0.05) is 210 Å². The highest BCUT2D eigenvalue weighted by Gasteiger charge is 2.38. The lowest BCUT2D eigenvalue weighted by Crippen LogP contribution is -2.16. The maximum absolute atomic E-state index is 2.49. The number of benzene rings is 10. The van der Waals surface area contributed by atoms with Crippen LogP contribution in [0.3, 0.4) is 0 Å². The van der Waals surface area contributed by atoms with Gasteiger partial charge in [0, 0.05) is 27.5 Å². The van der Waals surface area contributed by atoms with Crippen molar-refractivity contribution in [3.8, 4) is 55.6 Å². The number of hydrogen-bond donors (Lipinski definition) is 0. The van der Waals surface area contributed by atoms with Gasteiger partial charge in [0.25, 0.3) is 0 Å². The summed E-state index contributed by atoms with van der Waals surface area (Å²) in [6.07, 6.45) is 0. The van der Waals surface area contributed by atoms with E-state index >= 15 is 0 Å². The van der Waals surface area contributed by atoms with Crippen LogP contribution < -0.4 is 4.90 Å². The Hall–Kier alpha value is -7.48. The van der Waals surface area contributed by atoms with Gasteiger partial charge in [-0.2, -0.15) is 0 Å². The van der Waals surface area contributed by atoms with Crippen molar-refractivity contribution in [3.05, 3.63) is 235 Å². The van der Waals surface area contributed by atoms with E-state index < -0.39 is 0 Å². The molecule has 0 fully saturated rings. The maximum atomic E-state index is 2.49. The highest BCUT2D eigenvalue weighted by atomic mass is 15.1. The molecule has 0 spiro atoms. The van der Waals surface area contributed by atoms with E-state index in [1.807, 2.05) is 0 Å². The molecule has 10 aromatic rings. The molecular weight excluding hydrogens is 759 g/mol. The van der Waals surface area contributed by atoms with Crippen LogP contribution in [0.1, 0.15) is 49.9 Å². The lowest BCUT2D eigenvalue weighted by molar-refractivity contribution is 0.660. The largest absolute Gasteiger partial charge is 0.309 e. The van der Waals surface area contributed by atoms with Crippen LogP contribution in [-0.2, 0) is 10.8 Å². The van der Waals surface area contributed by atoms with Crippen LogP contribution in [0.4, 0.5) is 17.1 Å². The Morgan fingerprint density at radius 3 is 1.60 bits per heavy atom. The first kappa shape index (κ1) is 37.3. The molecule has 0 atom stereocenters. The molecule has 2 aliphatic carbocycles. The summed E-state index contributed by atoms with van der Waals surface area (Å²) in [5.74, 6) is 0.